The molecule has 0 radical (unpaired) electrons. The van der Waals surface area contributed by atoms with Crippen LogP contribution in [0.15, 0.2) is 133 Å². The highest BCUT2D eigenvalue weighted by molar-refractivity contribution is 7.33. The third-order valence-corrected chi connectivity index (χ3v) is 20.3. The number of thiophene rings is 1. The van der Waals surface area contributed by atoms with E-state index in [-0.39, 0.29) is 44.6 Å². The first-order valence-electron chi connectivity index (χ1n) is 29.2. The number of anilines is 9. The van der Waals surface area contributed by atoms with E-state index in [4.69, 9.17) is 0 Å². The highest BCUT2D eigenvalue weighted by Crippen LogP contribution is 2.55. The van der Waals surface area contributed by atoms with Crippen molar-refractivity contribution < 1.29 is 0 Å². The van der Waals surface area contributed by atoms with Crippen LogP contribution in [0.4, 0.5) is 51.2 Å². The molecule has 0 atom stereocenters. The quantitative estimate of drug-likeness (QED) is 0.159. The van der Waals surface area contributed by atoms with Gasteiger partial charge in [0.2, 0.25) is 0 Å². The van der Waals surface area contributed by atoms with E-state index in [0.717, 1.165) is 17.1 Å². The molecule has 0 N–H and O–H groups in total. The van der Waals surface area contributed by atoms with Crippen molar-refractivity contribution in [2.45, 2.75) is 188 Å². The zero-order valence-electron chi connectivity index (χ0n) is 50.4. The average Bonchev–Trinajstić information content (AvgIpc) is 3.67. The molecule has 0 saturated carbocycles. The van der Waals surface area contributed by atoms with Crippen LogP contribution in [0.3, 0.4) is 0 Å². The lowest BCUT2D eigenvalue weighted by Crippen LogP contribution is -2.60. The lowest BCUT2D eigenvalue weighted by atomic mass is 9.36. The molecular formula is C73H84BN3S. The van der Waals surface area contributed by atoms with Crippen LogP contribution in [0.5, 0.6) is 0 Å². The Hall–Kier alpha value is -6.04. The molecule has 1 aromatic heterocycles. The van der Waals surface area contributed by atoms with Gasteiger partial charge in [0.25, 0.3) is 6.71 Å². The molecule has 3 heterocycles. The first-order chi connectivity index (χ1) is 36.4. The zero-order valence-corrected chi connectivity index (χ0v) is 51.2. The molecule has 2 aliphatic heterocycles. The van der Waals surface area contributed by atoms with Crippen molar-refractivity contribution in [3.8, 4) is 0 Å². The van der Waals surface area contributed by atoms with Crippen molar-refractivity contribution in [3.05, 3.63) is 178 Å². The van der Waals surface area contributed by atoms with Gasteiger partial charge in [0.15, 0.2) is 0 Å². The summed E-state index contributed by atoms with van der Waals surface area (Å²) in [4.78, 5) is 7.83. The molecule has 8 aromatic rings. The predicted molar refractivity (Wildman–Crippen MR) is 342 cm³/mol. The molecule has 5 heteroatoms. The van der Waals surface area contributed by atoms with Crippen LogP contribution in [0.1, 0.15) is 188 Å². The van der Waals surface area contributed by atoms with E-state index >= 15 is 0 Å². The van der Waals surface area contributed by atoms with E-state index in [0.29, 0.717) is 0 Å². The lowest BCUT2D eigenvalue weighted by Gasteiger charge is -2.45. The second kappa shape index (κ2) is 17.5. The van der Waals surface area contributed by atoms with E-state index < -0.39 is 0 Å². The Balaban J connectivity index is 1.16. The SMILES string of the molecule is Cc1cc2c3c(c1)N(c1ccc4c(c1)C(C)(C)CCC4(C)C)c1c(sc4cc5c(cc14)C(C)(C)CCC5(C)C)B3c1ccc(N(c3ccc(C(C)(C)C)cc3)c3ccc(C(C)(C)C)cc3)cc1N2c1ccc(C(C)(C)C)cc1. The highest BCUT2D eigenvalue weighted by Gasteiger charge is 2.48. The molecule has 0 saturated heterocycles. The molecule has 0 amide bonds. The molecule has 78 heavy (non-hydrogen) atoms. The Morgan fingerprint density at radius 2 is 0.872 bits per heavy atom. The second-order valence-corrected chi connectivity index (χ2v) is 30.8. The molecular weight excluding hydrogens is 962 g/mol. The number of rotatable bonds is 5. The molecule has 0 spiro atoms. The summed E-state index contributed by atoms with van der Waals surface area (Å²) in [6, 6.07) is 53.4. The second-order valence-electron chi connectivity index (χ2n) is 29.8. The topological polar surface area (TPSA) is 9.72 Å². The van der Waals surface area contributed by atoms with Gasteiger partial charge in [-0.25, -0.2) is 0 Å². The van der Waals surface area contributed by atoms with Crippen molar-refractivity contribution in [2.24, 2.45) is 0 Å². The minimum absolute atomic E-state index is 0.00466. The monoisotopic (exact) mass is 1050 g/mol. The van der Waals surface area contributed by atoms with Crippen LogP contribution in [-0.4, -0.2) is 6.71 Å². The van der Waals surface area contributed by atoms with Gasteiger partial charge in [-0.15, -0.1) is 11.3 Å². The van der Waals surface area contributed by atoms with Gasteiger partial charge < -0.3 is 14.7 Å². The molecule has 3 nitrogen and oxygen atoms in total. The normalized spacial score (nSPS) is 17.7. The van der Waals surface area contributed by atoms with Gasteiger partial charge in [-0.3, -0.25) is 0 Å². The summed E-state index contributed by atoms with van der Waals surface area (Å²) in [6.45, 7) is 42.9. The van der Waals surface area contributed by atoms with Crippen LogP contribution in [0, 0.1) is 6.92 Å². The third kappa shape index (κ3) is 8.49. The first kappa shape index (κ1) is 52.7. The predicted octanol–water partition coefficient (Wildman–Crippen LogP) is 19.4. The lowest BCUT2D eigenvalue weighted by molar-refractivity contribution is 0.332. The van der Waals surface area contributed by atoms with Crippen molar-refractivity contribution in [3.63, 3.8) is 0 Å². The van der Waals surface area contributed by atoms with E-state index in [9.17, 15) is 0 Å². The van der Waals surface area contributed by atoms with E-state index in [1.54, 1.807) is 0 Å². The molecule has 7 aromatic carbocycles. The fourth-order valence-corrected chi connectivity index (χ4v) is 15.2. The number of hydrogen-bond donors (Lipinski definition) is 0. The third-order valence-electron chi connectivity index (χ3n) is 19.1. The maximum atomic E-state index is 2.73. The molecule has 400 valence electrons. The largest absolute Gasteiger partial charge is 0.311 e. The summed E-state index contributed by atoms with van der Waals surface area (Å²) in [7, 11) is 0. The van der Waals surface area contributed by atoms with Crippen LogP contribution >= 0.6 is 11.3 Å². The van der Waals surface area contributed by atoms with Crippen LogP contribution in [0.2, 0.25) is 0 Å². The summed E-state index contributed by atoms with van der Waals surface area (Å²) < 4.78 is 2.82. The summed E-state index contributed by atoms with van der Waals surface area (Å²) in [5, 5.41) is 1.38. The summed E-state index contributed by atoms with van der Waals surface area (Å²) >= 11 is 2.05. The Morgan fingerprint density at radius 3 is 1.38 bits per heavy atom. The minimum Gasteiger partial charge on any atom is -0.311 e. The van der Waals surface area contributed by atoms with Crippen molar-refractivity contribution in [1.82, 2.24) is 0 Å². The van der Waals surface area contributed by atoms with Gasteiger partial charge in [-0.2, -0.15) is 0 Å². The van der Waals surface area contributed by atoms with E-state index in [1.165, 1.54) is 130 Å². The molecule has 0 fully saturated rings. The molecule has 4 aliphatic rings. The van der Waals surface area contributed by atoms with E-state index in [2.05, 4.69) is 273 Å². The smallest absolute Gasteiger partial charge is 0.264 e. The van der Waals surface area contributed by atoms with Crippen LogP contribution in [0.25, 0.3) is 10.1 Å². The number of aryl methyl sites for hydroxylation is 1. The summed E-state index contributed by atoms with van der Waals surface area (Å²) in [5.74, 6) is 0. The zero-order chi connectivity index (χ0) is 55.6. The first-order valence-corrected chi connectivity index (χ1v) is 30.0. The maximum absolute atomic E-state index is 2.73. The van der Waals surface area contributed by atoms with Gasteiger partial charge in [0, 0.05) is 60.4 Å². The van der Waals surface area contributed by atoms with Gasteiger partial charge in [0.05, 0.1) is 5.69 Å². The average molecular weight is 1050 g/mol. The molecule has 0 unspecified atom stereocenters. The van der Waals surface area contributed by atoms with Gasteiger partial charge >= 0.3 is 0 Å². The Labute approximate surface area is 473 Å². The van der Waals surface area contributed by atoms with Gasteiger partial charge in [-0.1, -0.05) is 166 Å². The molecule has 12 rings (SSSR count). The molecule has 2 aliphatic carbocycles. The van der Waals surface area contributed by atoms with Crippen molar-refractivity contribution >= 4 is 95.0 Å². The minimum atomic E-state index is 0.00466. The van der Waals surface area contributed by atoms with Crippen LogP contribution < -0.4 is 30.4 Å². The summed E-state index contributed by atoms with van der Waals surface area (Å²) in [6.07, 6.45) is 4.73. The molecule has 0 bridgehead atoms. The van der Waals surface area contributed by atoms with Gasteiger partial charge in [-0.05, 0) is 211 Å². The Kier molecular flexibility index (Phi) is 11.8. The number of nitrogens with zero attached hydrogens (tertiary/aromatic N) is 3. The number of hydrogen-bond acceptors (Lipinski definition) is 4. The van der Waals surface area contributed by atoms with Gasteiger partial charge in [0.1, 0.15) is 0 Å². The Morgan fingerprint density at radius 1 is 0.436 bits per heavy atom. The fraction of sp³-hybridized carbons (Fsp3) is 0.397. The number of fused-ring (bicyclic) bond motifs is 8. The van der Waals surface area contributed by atoms with Crippen molar-refractivity contribution in [2.75, 3.05) is 14.7 Å². The van der Waals surface area contributed by atoms with Crippen molar-refractivity contribution in [1.29, 1.82) is 0 Å². The summed E-state index contributed by atoms with van der Waals surface area (Å²) in [5.41, 5.74) is 25.4. The standard InChI is InChI=1S/C73H84BN3S/c1-45-39-61-64-62(40-45)77(52-31-33-55-56(41-52)71(13,14)36-35-70(55,11)12)65-54-43-57-58(73(17,18)38-37-72(57,15)16)44-63(54)78-66(65)74(64)59-34-32-53(42-60(59)76(61)51-29-23-48(24-30-51)69(8,9)10)75(49-25-19-46(20-26-49)67(2,3)4)50-27-21-47(22-28-50)68(5,6)7/h19-34,39-44H,35-38H2,1-18H3. The highest BCUT2D eigenvalue weighted by atomic mass is 32.1. The van der Waals surface area contributed by atoms with Crippen LogP contribution in [-0.2, 0) is 37.9 Å². The van der Waals surface area contributed by atoms with E-state index in [1.807, 2.05) is 11.3 Å². The fourth-order valence-electron chi connectivity index (χ4n) is 13.8. The Bertz CT molecular complexity index is 3640. The maximum Gasteiger partial charge on any atom is 0.264 e. The number of benzene rings is 7.